The molecule has 0 spiro atoms. The number of nitrogens with zero attached hydrogens (tertiary/aromatic N) is 2. The molecule has 0 aliphatic heterocycles. The molecule has 0 bridgehead atoms. The number of carbonyl (C=O) groups excluding carboxylic acids is 2. The molecule has 56 heavy (non-hydrogen) atoms. The summed E-state index contributed by atoms with van der Waals surface area (Å²) < 4.78 is 51.6. The van der Waals surface area contributed by atoms with Crippen molar-refractivity contribution in [1.82, 2.24) is 15.2 Å². The van der Waals surface area contributed by atoms with E-state index in [2.05, 4.69) is 10.3 Å². The van der Waals surface area contributed by atoms with E-state index in [0.717, 1.165) is 41.6 Å². The lowest BCUT2D eigenvalue weighted by Gasteiger charge is -2.29. The predicted molar refractivity (Wildman–Crippen MR) is 218 cm³/mol. The Morgan fingerprint density at radius 2 is 1.61 bits per heavy atom. The lowest BCUT2D eigenvalue weighted by atomic mass is 9.97. The van der Waals surface area contributed by atoms with Gasteiger partial charge in [-0.1, -0.05) is 35.3 Å². The van der Waals surface area contributed by atoms with Crippen LogP contribution in [0.1, 0.15) is 68.8 Å². The van der Waals surface area contributed by atoms with Gasteiger partial charge in [0.25, 0.3) is 0 Å². The van der Waals surface area contributed by atoms with Gasteiger partial charge in [0.2, 0.25) is 11.8 Å². The number of alkyl carbamates (subject to hydrolysis) is 1. The highest BCUT2D eigenvalue weighted by atomic mass is 35.5. The van der Waals surface area contributed by atoms with Gasteiger partial charge in [0.05, 0.1) is 28.3 Å². The van der Waals surface area contributed by atoms with Crippen molar-refractivity contribution >= 4 is 45.0 Å². The number of sulfone groups is 1. The Labute approximate surface area is 341 Å². The van der Waals surface area contributed by atoms with Crippen LogP contribution in [-0.4, -0.2) is 94.0 Å². The quantitative estimate of drug-likeness (QED) is 0.102. The van der Waals surface area contributed by atoms with E-state index in [-0.39, 0.29) is 44.1 Å². The fraction of sp³-hybridized carbons (Fsp3) is 0.537. The maximum absolute atomic E-state index is 14.5. The van der Waals surface area contributed by atoms with Crippen molar-refractivity contribution in [3.63, 3.8) is 0 Å². The third-order valence-electron chi connectivity index (χ3n) is 8.62. The summed E-state index contributed by atoms with van der Waals surface area (Å²) in [6.07, 6.45) is 4.43. The number of methoxy groups -OCH3 is 1. The predicted octanol–water partition coefficient (Wildman–Crippen LogP) is 7.42. The van der Waals surface area contributed by atoms with Crippen LogP contribution in [-0.2, 0) is 43.5 Å². The molecule has 0 radical (unpaired) electrons. The van der Waals surface area contributed by atoms with Crippen LogP contribution in [0.25, 0.3) is 0 Å². The molecule has 4 rings (SSSR count). The molecule has 1 N–H and O–H groups in total. The van der Waals surface area contributed by atoms with E-state index in [1.807, 2.05) is 48.2 Å². The number of hydrogen-bond acceptors (Lipinski definition) is 10. The molecular formula is C41H55Cl2N3O9S. The summed E-state index contributed by atoms with van der Waals surface area (Å²) >= 11 is 12.6. The lowest BCUT2D eigenvalue weighted by Crippen LogP contribution is -2.44. The molecule has 1 aliphatic rings. The van der Waals surface area contributed by atoms with Gasteiger partial charge < -0.3 is 33.9 Å². The highest BCUT2D eigenvalue weighted by Crippen LogP contribution is 2.34. The maximum Gasteiger partial charge on any atom is 0.407 e. The van der Waals surface area contributed by atoms with E-state index in [1.54, 1.807) is 40.0 Å². The fourth-order valence-electron chi connectivity index (χ4n) is 5.92. The van der Waals surface area contributed by atoms with Crippen LogP contribution in [0.2, 0.25) is 10.0 Å². The summed E-state index contributed by atoms with van der Waals surface area (Å²) in [6, 6.07) is 14.9. The van der Waals surface area contributed by atoms with Gasteiger partial charge in [0.15, 0.2) is 5.75 Å². The van der Waals surface area contributed by atoms with E-state index >= 15 is 0 Å². The topological polar surface area (TPSA) is 143 Å². The van der Waals surface area contributed by atoms with Crippen LogP contribution in [0.4, 0.5) is 4.79 Å². The molecular weight excluding hydrogens is 781 g/mol. The first-order valence-electron chi connectivity index (χ1n) is 18.9. The minimum Gasteiger partial charge on any atom is -0.490 e. The van der Waals surface area contributed by atoms with Gasteiger partial charge in [0, 0.05) is 50.9 Å². The van der Waals surface area contributed by atoms with E-state index in [0.29, 0.717) is 59.8 Å². The summed E-state index contributed by atoms with van der Waals surface area (Å²) in [5.74, 6) is 0.745. The molecule has 12 nitrogen and oxygen atoms in total. The summed E-state index contributed by atoms with van der Waals surface area (Å²) in [5, 5.41) is 3.70. The number of carbonyl (C=O) groups is 2. The van der Waals surface area contributed by atoms with Gasteiger partial charge in [0.1, 0.15) is 34.4 Å². The number of aromatic nitrogens is 1. The second-order valence-electron chi connectivity index (χ2n) is 15.1. The zero-order chi connectivity index (χ0) is 40.9. The Morgan fingerprint density at radius 1 is 0.929 bits per heavy atom. The van der Waals surface area contributed by atoms with E-state index in [1.165, 1.54) is 6.26 Å². The van der Waals surface area contributed by atoms with Crippen LogP contribution >= 0.6 is 23.2 Å². The number of pyridine rings is 1. The molecule has 2 aromatic carbocycles. The molecule has 1 heterocycles. The number of rotatable bonds is 22. The molecule has 2 amide bonds. The Balaban J connectivity index is 1.47. The Kier molecular flexibility index (Phi) is 16.9. The van der Waals surface area contributed by atoms with Crippen molar-refractivity contribution in [2.45, 2.75) is 84.4 Å². The van der Waals surface area contributed by atoms with E-state index in [9.17, 15) is 18.0 Å². The number of halogens is 2. The highest BCUT2D eigenvalue weighted by Gasteiger charge is 2.36. The number of nitrogens with one attached hydrogen (secondary N) is 1. The molecule has 1 atom stereocenters. The molecule has 3 aromatic rings. The summed E-state index contributed by atoms with van der Waals surface area (Å²) in [5.41, 5.74) is 2.77. The van der Waals surface area contributed by atoms with Crippen LogP contribution < -0.4 is 19.5 Å². The smallest absolute Gasteiger partial charge is 0.407 e. The van der Waals surface area contributed by atoms with Gasteiger partial charge in [-0.25, -0.2) is 18.2 Å². The summed E-state index contributed by atoms with van der Waals surface area (Å²) in [6.45, 7) is 8.90. The van der Waals surface area contributed by atoms with Crippen molar-refractivity contribution in [1.29, 1.82) is 0 Å². The molecule has 308 valence electrons. The van der Waals surface area contributed by atoms with Crippen molar-refractivity contribution in [3.8, 4) is 17.4 Å². The summed E-state index contributed by atoms with van der Waals surface area (Å²) in [7, 11) is -1.47. The van der Waals surface area contributed by atoms with Crippen LogP contribution in [0.3, 0.4) is 0 Å². The molecule has 1 unspecified atom stereocenters. The van der Waals surface area contributed by atoms with Crippen molar-refractivity contribution in [3.05, 3.63) is 81.0 Å². The Hall–Kier alpha value is -3.78. The molecule has 1 saturated carbocycles. The molecule has 0 saturated heterocycles. The van der Waals surface area contributed by atoms with Gasteiger partial charge in [-0.2, -0.15) is 0 Å². The average Bonchev–Trinajstić information content (AvgIpc) is 3.95. The number of hydrogen-bond donors (Lipinski definition) is 1. The lowest BCUT2D eigenvalue weighted by molar-refractivity contribution is -0.136. The second kappa shape index (κ2) is 21.1. The van der Waals surface area contributed by atoms with E-state index < -0.39 is 27.4 Å². The Morgan fingerprint density at radius 3 is 2.23 bits per heavy atom. The summed E-state index contributed by atoms with van der Waals surface area (Å²) in [4.78, 5) is 33.8. The zero-order valence-corrected chi connectivity index (χ0v) is 35.5. The van der Waals surface area contributed by atoms with Gasteiger partial charge in [-0.05, 0) is 113 Å². The molecule has 1 aromatic heterocycles. The number of ether oxygens (including phenoxy) is 5. The number of benzene rings is 2. The number of amides is 2. The number of aryl methyl sites for hydroxylation is 2. The monoisotopic (exact) mass is 835 g/mol. The normalized spacial score (nSPS) is 13.5. The molecule has 15 heteroatoms. The van der Waals surface area contributed by atoms with E-state index in [4.69, 9.17) is 46.9 Å². The van der Waals surface area contributed by atoms with Crippen molar-refractivity contribution in [2.75, 3.05) is 52.1 Å². The first-order valence-corrected chi connectivity index (χ1v) is 21.7. The van der Waals surface area contributed by atoms with Gasteiger partial charge in [-0.3, -0.25) is 4.79 Å². The maximum atomic E-state index is 14.5. The standard InChI is InChI=1S/C41H55Cl2N3O9S/c1-28-21-35(42)38(36(43)22-28)54-19-18-52-34-14-10-29(11-15-34)23-31(26-44-40(48)55-41(2,3)4)39(47)46(33-12-13-33)27-30-24-32(9-7-16-51-5)45-37(25-30)53-17-8-20-56(6,49)50/h10-11,14-15,21-22,24-25,31,33H,7-9,12-13,16-20,23,26-27H2,1-6H3,(H,44,48). The average molecular weight is 837 g/mol. The minimum absolute atomic E-state index is 0.0146. The molecule has 1 aliphatic carbocycles. The highest BCUT2D eigenvalue weighted by molar-refractivity contribution is 7.90. The van der Waals surface area contributed by atoms with Crippen molar-refractivity contribution in [2.24, 2.45) is 5.92 Å². The largest absolute Gasteiger partial charge is 0.490 e. The zero-order valence-electron chi connectivity index (χ0n) is 33.2. The fourth-order valence-corrected chi connectivity index (χ4v) is 7.26. The minimum atomic E-state index is -3.12. The molecule has 1 fully saturated rings. The first-order chi connectivity index (χ1) is 26.5. The van der Waals surface area contributed by atoms with Crippen LogP contribution in [0.5, 0.6) is 17.4 Å². The van der Waals surface area contributed by atoms with Crippen LogP contribution in [0.15, 0.2) is 48.5 Å². The van der Waals surface area contributed by atoms with Gasteiger partial charge in [-0.15, -0.1) is 0 Å². The van der Waals surface area contributed by atoms with Crippen molar-refractivity contribution < 1.29 is 41.7 Å². The second-order valence-corrected chi connectivity index (χ2v) is 18.2. The van der Waals surface area contributed by atoms with Gasteiger partial charge >= 0.3 is 6.09 Å². The Bertz CT molecular complexity index is 1840. The van der Waals surface area contributed by atoms with Crippen LogP contribution in [0, 0.1) is 12.8 Å². The third kappa shape index (κ3) is 16.0. The third-order valence-corrected chi connectivity index (χ3v) is 10.2. The SMILES string of the molecule is COCCCc1cc(CN(C(=O)C(CNC(=O)OC(C)(C)C)Cc2ccc(OCCOc3c(Cl)cc(C)cc3Cl)cc2)C2CC2)cc(OCCCS(C)(=O)=O)n1. The first kappa shape index (κ1) is 44.9.